The molecule has 0 fully saturated rings. The Morgan fingerprint density at radius 1 is 1.28 bits per heavy atom. The van der Waals surface area contributed by atoms with Gasteiger partial charge in [-0.1, -0.05) is 18.2 Å². The number of alkyl halides is 3. The number of benzene rings is 1. The fourth-order valence-corrected chi connectivity index (χ4v) is 1.99. The summed E-state index contributed by atoms with van der Waals surface area (Å²) in [5.41, 5.74) is 5.77. The SMILES string of the molecule is Cc1cccc(C(CCCC(F)(F)F)NN)c1C. The van der Waals surface area contributed by atoms with E-state index in [9.17, 15) is 13.2 Å². The van der Waals surface area contributed by atoms with Crippen LogP contribution in [-0.4, -0.2) is 6.18 Å². The second-order valence-electron chi connectivity index (χ2n) is 4.52. The van der Waals surface area contributed by atoms with Crippen LogP contribution in [0.15, 0.2) is 18.2 Å². The molecule has 18 heavy (non-hydrogen) atoms. The maximum Gasteiger partial charge on any atom is 0.389 e. The standard InChI is InChI=1S/C13H19F3N2/c1-9-5-3-6-11(10(9)2)12(18-17)7-4-8-13(14,15)16/h3,5-6,12,18H,4,7-8,17H2,1-2H3. The van der Waals surface area contributed by atoms with Crippen molar-refractivity contribution in [1.29, 1.82) is 0 Å². The van der Waals surface area contributed by atoms with Gasteiger partial charge in [0.05, 0.1) is 0 Å². The van der Waals surface area contributed by atoms with Crippen LogP contribution in [0.3, 0.4) is 0 Å². The molecule has 2 nitrogen and oxygen atoms in total. The highest BCUT2D eigenvalue weighted by Crippen LogP contribution is 2.28. The van der Waals surface area contributed by atoms with Crippen molar-refractivity contribution in [2.24, 2.45) is 5.84 Å². The van der Waals surface area contributed by atoms with Crippen molar-refractivity contribution in [3.63, 3.8) is 0 Å². The third-order valence-electron chi connectivity index (χ3n) is 3.18. The van der Waals surface area contributed by atoms with Crippen molar-refractivity contribution in [3.05, 3.63) is 34.9 Å². The molecule has 0 aromatic heterocycles. The van der Waals surface area contributed by atoms with Crippen LogP contribution in [0.5, 0.6) is 0 Å². The van der Waals surface area contributed by atoms with Crippen LogP contribution in [0.1, 0.15) is 42.0 Å². The minimum Gasteiger partial charge on any atom is -0.271 e. The first-order chi connectivity index (χ1) is 8.35. The quantitative estimate of drug-likeness (QED) is 0.627. The van der Waals surface area contributed by atoms with Gasteiger partial charge < -0.3 is 0 Å². The Morgan fingerprint density at radius 2 is 1.94 bits per heavy atom. The molecule has 1 unspecified atom stereocenters. The smallest absolute Gasteiger partial charge is 0.271 e. The summed E-state index contributed by atoms with van der Waals surface area (Å²) >= 11 is 0. The normalized spacial score (nSPS) is 13.7. The predicted molar refractivity (Wildman–Crippen MR) is 65.9 cm³/mol. The average Bonchev–Trinajstić information content (AvgIpc) is 2.27. The summed E-state index contributed by atoms with van der Waals surface area (Å²) in [6.07, 6.45) is -4.41. The summed E-state index contributed by atoms with van der Waals surface area (Å²) in [5, 5.41) is 0. The molecule has 0 heterocycles. The first-order valence-electron chi connectivity index (χ1n) is 5.94. The molecular formula is C13H19F3N2. The van der Waals surface area contributed by atoms with Crippen molar-refractivity contribution < 1.29 is 13.2 Å². The first-order valence-corrected chi connectivity index (χ1v) is 5.94. The lowest BCUT2D eigenvalue weighted by molar-refractivity contribution is -0.135. The molecule has 5 heteroatoms. The van der Waals surface area contributed by atoms with Crippen LogP contribution in [0.2, 0.25) is 0 Å². The highest BCUT2D eigenvalue weighted by molar-refractivity contribution is 5.35. The molecule has 1 aromatic rings. The molecule has 3 N–H and O–H groups in total. The monoisotopic (exact) mass is 260 g/mol. The Labute approximate surface area is 105 Å². The predicted octanol–water partition coefficient (Wildman–Crippen LogP) is 3.54. The van der Waals surface area contributed by atoms with Crippen LogP contribution in [0, 0.1) is 13.8 Å². The molecule has 0 saturated heterocycles. The molecule has 1 rings (SSSR count). The molecular weight excluding hydrogens is 241 g/mol. The van der Waals surface area contributed by atoms with E-state index in [-0.39, 0.29) is 12.5 Å². The zero-order valence-corrected chi connectivity index (χ0v) is 10.6. The number of hydrazine groups is 1. The van der Waals surface area contributed by atoms with Crippen molar-refractivity contribution in [2.75, 3.05) is 0 Å². The number of nitrogens with one attached hydrogen (secondary N) is 1. The van der Waals surface area contributed by atoms with Crippen LogP contribution in [0.25, 0.3) is 0 Å². The minimum absolute atomic E-state index is 0.0751. The zero-order valence-electron chi connectivity index (χ0n) is 10.6. The average molecular weight is 260 g/mol. The fraction of sp³-hybridized carbons (Fsp3) is 0.538. The molecule has 0 bridgehead atoms. The van der Waals surface area contributed by atoms with Gasteiger partial charge in [0.1, 0.15) is 0 Å². The van der Waals surface area contributed by atoms with E-state index in [1.807, 2.05) is 32.0 Å². The van der Waals surface area contributed by atoms with Crippen LogP contribution < -0.4 is 11.3 Å². The van der Waals surface area contributed by atoms with Crippen LogP contribution in [0.4, 0.5) is 13.2 Å². The lowest BCUT2D eigenvalue weighted by Gasteiger charge is -2.20. The van der Waals surface area contributed by atoms with Gasteiger partial charge in [0, 0.05) is 12.5 Å². The van der Waals surface area contributed by atoms with Crippen LogP contribution >= 0.6 is 0 Å². The largest absolute Gasteiger partial charge is 0.389 e. The molecule has 0 aliphatic rings. The number of halogens is 3. The summed E-state index contributed by atoms with van der Waals surface area (Å²) in [4.78, 5) is 0. The Bertz CT molecular complexity index is 388. The van der Waals surface area contributed by atoms with Gasteiger partial charge in [-0.2, -0.15) is 13.2 Å². The molecule has 0 amide bonds. The third-order valence-corrected chi connectivity index (χ3v) is 3.18. The Balaban J connectivity index is 2.69. The first kappa shape index (κ1) is 15.0. The molecule has 0 saturated carbocycles. The molecule has 102 valence electrons. The van der Waals surface area contributed by atoms with Gasteiger partial charge >= 0.3 is 6.18 Å². The van der Waals surface area contributed by atoms with Gasteiger partial charge in [-0.15, -0.1) is 0 Å². The van der Waals surface area contributed by atoms with Gasteiger partial charge in [0.15, 0.2) is 0 Å². The third kappa shape index (κ3) is 4.31. The molecule has 0 spiro atoms. The van der Waals surface area contributed by atoms with E-state index in [0.29, 0.717) is 6.42 Å². The van der Waals surface area contributed by atoms with Gasteiger partial charge in [0.25, 0.3) is 0 Å². The topological polar surface area (TPSA) is 38.0 Å². The van der Waals surface area contributed by atoms with E-state index >= 15 is 0 Å². The maximum atomic E-state index is 12.1. The van der Waals surface area contributed by atoms with Crippen molar-refractivity contribution >= 4 is 0 Å². The fourth-order valence-electron chi connectivity index (χ4n) is 1.99. The second-order valence-corrected chi connectivity index (χ2v) is 4.52. The number of rotatable bonds is 5. The summed E-state index contributed by atoms with van der Waals surface area (Å²) in [6.45, 7) is 3.93. The molecule has 1 aromatic carbocycles. The summed E-state index contributed by atoms with van der Waals surface area (Å²) in [6, 6.07) is 5.54. The summed E-state index contributed by atoms with van der Waals surface area (Å²) < 4.78 is 36.3. The van der Waals surface area contributed by atoms with Gasteiger partial charge in [-0.25, -0.2) is 0 Å². The maximum absolute atomic E-state index is 12.1. The number of aryl methyl sites for hydroxylation is 1. The Kier molecular flexibility index (Phi) is 5.16. The Morgan fingerprint density at radius 3 is 2.50 bits per heavy atom. The molecule has 0 radical (unpaired) electrons. The van der Waals surface area contributed by atoms with E-state index < -0.39 is 12.6 Å². The second kappa shape index (κ2) is 6.20. The van der Waals surface area contributed by atoms with Gasteiger partial charge in [-0.3, -0.25) is 11.3 Å². The van der Waals surface area contributed by atoms with Gasteiger partial charge in [0.2, 0.25) is 0 Å². The molecule has 0 aliphatic heterocycles. The van der Waals surface area contributed by atoms with E-state index in [0.717, 1.165) is 16.7 Å². The lowest BCUT2D eigenvalue weighted by atomic mass is 9.94. The van der Waals surface area contributed by atoms with Gasteiger partial charge in [-0.05, 0) is 43.4 Å². The highest BCUT2D eigenvalue weighted by atomic mass is 19.4. The van der Waals surface area contributed by atoms with Crippen molar-refractivity contribution in [3.8, 4) is 0 Å². The highest BCUT2D eigenvalue weighted by Gasteiger charge is 2.27. The molecule has 1 atom stereocenters. The van der Waals surface area contributed by atoms with E-state index in [4.69, 9.17) is 5.84 Å². The minimum atomic E-state index is -4.10. The van der Waals surface area contributed by atoms with Crippen molar-refractivity contribution in [1.82, 2.24) is 5.43 Å². The summed E-state index contributed by atoms with van der Waals surface area (Å²) in [7, 11) is 0. The van der Waals surface area contributed by atoms with E-state index in [2.05, 4.69) is 5.43 Å². The lowest BCUT2D eigenvalue weighted by Crippen LogP contribution is -2.29. The molecule has 0 aliphatic carbocycles. The number of hydrogen-bond acceptors (Lipinski definition) is 2. The summed E-state index contributed by atoms with van der Waals surface area (Å²) in [5.74, 6) is 5.44. The number of nitrogens with two attached hydrogens (primary N) is 1. The Hall–Kier alpha value is -1.07. The van der Waals surface area contributed by atoms with E-state index in [1.165, 1.54) is 0 Å². The van der Waals surface area contributed by atoms with Crippen LogP contribution in [-0.2, 0) is 0 Å². The zero-order chi connectivity index (χ0) is 13.8. The number of hydrogen-bond donors (Lipinski definition) is 2. The van der Waals surface area contributed by atoms with Crippen molar-refractivity contribution in [2.45, 2.75) is 45.3 Å². The van der Waals surface area contributed by atoms with E-state index in [1.54, 1.807) is 0 Å².